The van der Waals surface area contributed by atoms with Gasteiger partial charge in [0.1, 0.15) is 5.82 Å². The van der Waals surface area contributed by atoms with E-state index in [1.165, 1.54) is 0 Å². The quantitative estimate of drug-likeness (QED) is 0.915. The molecule has 1 aliphatic heterocycles. The molecule has 0 bridgehead atoms. The van der Waals surface area contributed by atoms with Crippen LogP contribution >= 0.6 is 11.6 Å². The lowest BCUT2D eigenvalue weighted by Gasteiger charge is -2.21. The SMILES string of the molecule is CCc1cc(Cl)c(F)c(C2CC(CN)CN2C)c1. The molecule has 1 fully saturated rings. The molecule has 18 heavy (non-hydrogen) atoms. The third-order valence-electron chi connectivity index (χ3n) is 3.85. The van der Waals surface area contributed by atoms with E-state index in [0.717, 1.165) is 30.5 Å². The molecule has 2 nitrogen and oxygen atoms in total. The first-order chi connectivity index (χ1) is 8.56. The molecule has 1 heterocycles. The van der Waals surface area contributed by atoms with E-state index in [1.54, 1.807) is 6.07 Å². The first-order valence-corrected chi connectivity index (χ1v) is 6.82. The molecule has 2 N–H and O–H groups in total. The van der Waals surface area contributed by atoms with Gasteiger partial charge in [-0.05, 0) is 44.0 Å². The molecule has 0 radical (unpaired) electrons. The molecular weight excluding hydrogens is 251 g/mol. The van der Waals surface area contributed by atoms with Crippen LogP contribution in [0.2, 0.25) is 5.02 Å². The monoisotopic (exact) mass is 270 g/mol. The van der Waals surface area contributed by atoms with Crippen LogP contribution in [0.1, 0.15) is 30.5 Å². The lowest BCUT2D eigenvalue weighted by Crippen LogP contribution is -2.21. The maximum absolute atomic E-state index is 14.2. The maximum Gasteiger partial charge on any atom is 0.146 e. The van der Waals surface area contributed by atoms with Gasteiger partial charge in [-0.1, -0.05) is 24.6 Å². The molecule has 0 amide bonds. The second-order valence-corrected chi connectivity index (χ2v) is 5.53. The molecule has 0 aliphatic carbocycles. The summed E-state index contributed by atoms with van der Waals surface area (Å²) < 4.78 is 14.2. The zero-order chi connectivity index (χ0) is 13.3. The molecular formula is C14H20ClFN2. The highest BCUT2D eigenvalue weighted by atomic mass is 35.5. The van der Waals surface area contributed by atoms with Crippen molar-refractivity contribution in [2.75, 3.05) is 20.1 Å². The van der Waals surface area contributed by atoms with Crippen LogP contribution in [-0.4, -0.2) is 25.0 Å². The summed E-state index contributed by atoms with van der Waals surface area (Å²) in [5, 5.41) is 0.231. The van der Waals surface area contributed by atoms with Gasteiger partial charge in [0.05, 0.1) is 5.02 Å². The molecule has 2 unspecified atom stereocenters. The van der Waals surface area contributed by atoms with Crippen molar-refractivity contribution in [3.05, 3.63) is 34.1 Å². The van der Waals surface area contributed by atoms with E-state index in [9.17, 15) is 4.39 Å². The van der Waals surface area contributed by atoms with Gasteiger partial charge in [-0.25, -0.2) is 4.39 Å². The maximum atomic E-state index is 14.2. The second-order valence-electron chi connectivity index (χ2n) is 5.13. The van der Waals surface area contributed by atoms with E-state index >= 15 is 0 Å². The Labute approximate surface area is 113 Å². The van der Waals surface area contributed by atoms with Crippen molar-refractivity contribution < 1.29 is 4.39 Å². The number of rotatable bonds is 3. The lowest BCUT2D eigenvalue weighted by molar-refractivity contribution is 0.306. The van der Waals surface area contributed by atoms with E-state index in [2.05, 4.69) is 4.90 Å². The minimum Gasteiger partial charge on any atom is -0.330 e. The fraction of sp³-hybridized carbons (Fsp3) is 0.571. The molecule has 4 heteroatoms. The summed E-state index contributed by atoms with van der Waals surface area (Å²) in [6, 6.07) is 3.76. The Hall–Kier alpha value is -0.640. The summed E-state index contributed by atoms with van der Waals surface area (Å²) >= 11 is 5.98. The third-order valence-corrected chi connectivity index (χ3v) is 4.13. The molecule has 0 saturated carbocycles. The summed E-state index contributed by atoms with van der Waals surface area (Å²) in [7, 11) is 2.02. The molecule has 100 valence electrons. The summed E-state index contributed by atoms with van der Waals surface area (Å²) in [5.74, 6) is 0.173. The van der Waals surface area contributed by atoms with Gasteiger partial charge in [-0.2, -0.15) is 0 Å². The number of likely N-dealkylation sites (tertiary alicyclic amines) is 1. The summed E-state index contributed by atoms with van der Waals surface area (Å²) in [6.45, 7) is 3.63. The van der Waals surface area contributed by atoms with Crippen molar-refractivity contribution in [1.82, 2.24) is 4.90 Å². The molecule has 1 aromatic carbocycles. The Kier molecular flexibility index (Phi) is 4.25. The largest absolute Gasteiger partial charge is 0.330 e. The highest BCUT2D eigenvalue weighted by molar-refractivity contribution is 6.30. The zero-order valence-corrected chi connectivity index (χ0v) is 11.7. The van der Waals surface area contributed by atoms with Gasteiger partial charge < -0.3 is 5.73 Å². The zero-order valence-electron chi connectivity index (χ0n) is 10.9. The van der Waals surface area contributed by atoms with E-state index in [1.807, 2.05) is 20.0 Å². The Morgan fingerprint density at radius 3 is 2.78 bits per heavy atom. The highest BCUT2D eigenvalue weighted by Crippen LogP contribution is 2.37. The number of nitrogens with two attached hydrogens (primary N) is 1. The summed E-state index contributed by atoms with van der Waals surface area (Å²) in [6.07, 6.45) is 1.77. The van der Waals surface area contributed by atoms with Crippen LogP contribution in [0.5, 0.6) is 0 Å². The first kappa shape index (κ1) is 13.8. The third kappa shape index (κ3) is 2.53. The number of halogens is 2. The van der Waals surface area contributed by atoms with Gasteiger partial charge in [0.15, 0.2) is 0 Å². The van der Waals surface area contributed by atoms with Crippen molar-refractivity contribution in [3.8, 4) is 0 Å². The van der Waals surface area contributed by atoms with Crippen LogP contribution in [-0.2, 0) is 6.42 Å². The Bertz CT molecular complexity index is 436. The van der Waals surface area contributed by atoms with Crippen LogP contribution in [0.3, 0.4) is 0 Å². The predicted octanol–water partition coefficient (Wildman–Crippen LogP) is 2.99. The summed E-state index contributed by atoms with van der Waals surface area (Å²) in [5.41, 5.74) is 7.52. The topological polar surface area (TPSA) is 29.3 Å². The van der Waals surface area contributed by atoms with Crippen molar-refractivity contribution >= 4 is 11.6 Å². The number of benzene rings is 1. The van der Waals surface area contributed by atoms with E-state index in [0.29, 0.717) is 12.5 Å². The highest BCUT2D eigenvalue weighted by Gasteiger charge is 2.32. The predicted molar refractivity (Wildman–Crippen MR) is 73.3 cm³/mol. The molecule has 2 atom stereocenters. The second kappa shape index (κ2) is 5.55. The number of hydrogen-bond donors (Lipinski definition) is 1. The Balaban J connectivity index is 2.35. The van der Waals surface area contributed by atoms with Crippen molar-refractivity contribution in [1.29, 1.82) is 0 Å². The Morgan fingerprint density at radius 2 is 2.22 bits per heavy atom. The van der Waals surface area contributed by atoms with E-state index in [-0.39, 0.29) is 16.9 Å². The molecule has 0 aromatic heterocycles. The van der Waals surface area contributed by atoms with Crippen LogP contribution < -0.4 is 5.73 Å². The number of hydrogen-bond acceptors (Lipinski definition) is 2. The van der Waals surface area contributed by atoms with Crippen molar-refractivity contribution in [2.45, 2.75) is 25.8 Å². The molecule has 1 aliphatic rings. The van der Waals surface area contributed by atoms with Crippen LogP contribution in [0.25, 0.3) is 0 Å². The van der Waals surface area contributed by atoms with Gasteiger partial charge in [-0.3, -0.25) is 4.90 Å². The summed E-state index contributed by atoms with van der Waals surface area (Å²) in [4.78, 5) is 2.17. The molecule has 0 spiro atoms. The molecule has 1 saturated heterocycles. The van der Waals surface area contributed by atoms with Crippen LogP contribution in [0, 0.1) is 11.7 Å². The first-order valence-electron chi connectivity index (χ1n) is 6.44. The molecule has 2 rings (SSSR count). The molecule has 1 aromatic rings. The standard InChI is InChI=1S/C14H20ClFN2/c1-3-9-4-11(14(16)12(15)5-9)13-6-10(7-17)8-18(13)2/h4-5,10,13H,3,6-8,17H2,1-2H3. The number of nitrogens with zero attached hydrogens (tertiary/aromatic N) is 1. The van der Waals surface area contributed by atoms with Crippen molar-refractivity contribution in [2.24, 2.45) is 11.7 Å². The van der Waals surface area contributed by atoms with Gasteiger partial charge in [0.25, 0.3) is 0 Å². The van der Waals surface area contributed by atoms with Gasteiger partial charge in [0, 0.05) is 18.2 Å². The van der Waals surface area contributed by atoms with Crippen molar-refractivity contribution in [3.63, 3.8) is 0 Å². The minimum absolute atomic E-state index is 0.0996. The lowest BCUT2D eigenvalue weighted by atomic mass is 9.97. The average Bonchev–Trinajstić information content (AvgIpc) is 2.74. The normalized spacial score (nSPS) is 24.7. The number of aryl methyl sites for hydroxylation is 1. The van der Waals surface area contributed by atoms with Gasteiger partial charge in [0.2, 0.25) is 0 Å². The minimum atomic E-state index is -0.275. The fourth-order valence-electron chi connectivity index (χ4n) is 2.76. The fourth-order valence-corrected chi connectivity index (χ4v) is 3.00. The smallest absolute Gasteiger partial charge is 0.146 e. The van der Waals surface area contributed by atoms with Gasteiger partial charge in [-0.15, -0.1) is 0 Å². The van der Waals surface area contributed by atoms with Crippen LogP contribution in [0.4, 0.5) is 4.39 Å². The van der Waals surface area contributed by atoms with Crippen LogP contribution in [0.15, 0.2) is 12.1 Å². The van der Waals surface area contributed by atoms with Gasteiger partial charge >= 0.3 is 0 Å². The van der Waals surface area contributed by atoms with E-state index in [4.69, 9.17) is 17.3 Å². The Morgan fingerprint density at radius 1 is 1.50 bits per heavy atom. The average molecular weight is 271 g/mol. The van der Waals surface area contributed by atoms with E-state index < -0.39 is 0 Å².